The minimum atomic E-state index is 0.765. The highest BCUT2D eigenvalue weighted by Crippen LogP contribution is 2.52. The molecule has 0 N–H and O–H groups in total. The second-order valence-corrected chi connectivity index (χ2v) is 7.21. The van der Waals surface area contributed by atoms with Crippen molar-refractivity contribution in [2.45, 2.75) is 0 Å². The van der Waals surface area contributed by atoms with Crippen LogP contribution in [0.1, 0.15) is 22.3 Å². The zero-order valence-electron chi connectivity index (χ0n) is 15.8. The van der Waals surface area contributed by atoms with Crippen molar-refractivity contribution in [2.75, 3.05) is 0 Å². The largest absolute Gasteiger partial charge is 0.454 e. The minimum absolute atomic E-state index is 0.765. The SMILES string of the molecule is C[n+]1ccc2c(c1)Oc1ccccc1/C2=C1\c2ccccc2Oc2cnccc21. The van der Waals surface area contributed by atoms with E-state index in [4.69, 9.17) is 9.47 Å². The molecule has 29 heavy (non-hydrogen) atoms. The monoisotopic (exact) mass is 377 g/mol. The van der Waals surface area contributed by atoms with Crippen molar-refractivity contribution in [3.05, 3.63) is 108 Å². The molecular weight excluding hydrogens is 360 g/mol. The summed E-state index contributed by atoms with van der Waals surface area (Å²) in [5.74, 6) is 3.30. The lowest BCUT2D eigenvalue weighted by molar-refractivity contribution is -0.671. The van der Waals surface area contributed by atoms with Crippen LogP contribution in [-0.2, 0) is 7.05 Å². The number of hydrogen-bond donors (Lipinski definition) is 0. The number of hydrogen-bond acceptors (Lipinski definition) is 3. The number of aromatic nitrogens is 2. The Morgan fingerprint density at radius 1 is 0.655 bits per heavy atom. The van der Waals surface area contributed by atoms with Crippen molar-refractivity contribution in [1.29, 1.82) is 0 Å². The summed E-state index contributed by atoms with van der Waals surface area (Å²) in [4.78, 5) is 4.28. The lowest BCUT2D eigenvalue weighted by Gasteiger charge is -2.28. The Labute approximate surface area is 168 Å². The summed E-state index contributed by atoms with van der Waals surface area (Å²) in [5.41, 5.74) is 6.52. The highest BCUT2D eigenvalue weighted by Gasteiger charge is 2.31. The Morgan fingerprint density at radius 3 is 1.97 bits per heavy atom. The number of pyridine rings is 2. The van der Waals surface area contributed by atoms with Gasteiger partial charge in [0.05, 0.1) is 6.20 Å². The fraction of sp³-hybridized carbons (Fsp3) is 0.0400. The van der Waals surface area contributed by atoms with Gasteiger partial charge in [-0.15, -0.1) is 0 Å². The fourth-order valence-electron chi connectivity index (χ4n) is 4.12. The minimum Gasteiger partial charge on any atom is -0.454 e. The first-order valence-electron chi connectivity index (χ1n) is 9.52. The first-order chi connectivity index (χ1) is 14.3. The first kappa shape index (κ1) is 16.1. The molecule has 0 amide bonds. The predicted octanol–water partition coefficient (Wildman–Crippen LogP) is 5.12. The normalized spacial score (nSPS) is 15.9. The molecule has 0 saturated carbocycles. The Kier molecular flexibility index (Phi) is 3.35. The molecule has 0 spiro atoms. The third kappa shape index (κ3) is 2.39. The molecule has 4 nitrogen and oxygen atoms in total. The van der Waals surface area contributed by atoms with E-state index >= 15 is 0 Å². The van der Waals surface area contributed by atoms with Crippen LogP contribution in [0.2, 0.25) is 0 Å². The lowest BCUT2D eigenvalue weighted by atomic mass is 9.83. The van der Waals surface area contributed by atoms with E-state index in [1.807, 2.05) is 60.4 Å². The molecule has 138 valence electrons. The van der Waals surface area contributed by atoms with Gasteiger partial charge in [-0.2, -0.15) is 0 Å². The smallest absolute Gasteiger partial charge is 0.212 e. The maximum absolute atomic E-state index is 6.26. The van der Waals surface area contributed by atoms with E-state index in [1.54, 1.807) is 6.20 Å². The van der Waals surface area contributed by atoms with Gasteiger partial charge in [-0.25, -0.2) is 4.57 Å². The second kappa shape index (κ2) is 6.04. The van der Waals surface area contributed by atoms with Crippen LogP contribution in [0.4, 0.5) is 0 Å². The Hall–Kier alpha value is -3.92. The Bertz CT molecular complexity index is 1280. The molecule has 2 aromatic carbocycles. The number of para-hydroxylation sites is 2. The molecular formula is C25H17N2O2+. The van der Waals surface area contributed by atoms with Crippen LogP contribution in [0.3, 0.4) is 0 Å². The number of nitrogens with zero attached hydrogens (tertiary/aromatic N) is 2. The maximum Gasteiger partial charge on any atom is 0.212 e. The quantitative estimate of drug-likeness (QED) is 0.345. The molecule has 4 heterocycles. The van der Waals surface area contributed by atoms with E-state index in [-0.39, 0.29) is 0 Å². The molecule has 0 bridgehead atoms. The first-order valence-corrected chi connectivity index (χ1v) is 9.52. The van der Waals surface area contributed by atoms with Gasteiger partial charge >= 0.3 is 0 Å². The highest BCUT2D eigenvalue weighted by molar-refractivity contribution is 6.09. The summed E-state index contributed by atoms with van der Waals surface area (Å²) in [6.45, 7) is 0. The summed E-state index contributed by atoms with van der Waals surface area (Å²) < 4.78 is 14.4. The van der Waals surface area contributed by atoms with Gasteiger partial charge in [0.25, 0.3) is 0 Å². The lowest BCUT2D eigenvalue weighted by Crippen LogP contribution is -2.27. The van der Waals surface area contributed by atoms with Crippen LogP contribution in [0, 0.1) is 0 Å². The van der Waals surface area contributed by atoms with Gasteiger partial charge in [0.1, 0.15) is 18.5 Å². The Balaban J connectivity index is 1.79. The zero-order chi connectivity index (χ0) is 19.4. The van der Waals surface area contributed by atoms with Crippen molar-refractivity contribution >= 4 is 11.1 Å². The molecule has 2 aliphatic rings. The van der Waals surface area contributed by atoms with Crippen molar-refractivity contribution in [1.82, 2.24) is 4.98 Å². The van der Waals surface area contributed by atoms with E-state index in [2.05, 4.69) is 35.4 Å². The van der Waals surface area contributed by atoms with Crippen molar-refractivity contribution in [3.63, 3.8) is 0 Å². The van der Waals surface area contributed by atoms with Crippen molar-refractivity contribution in [3.8, 4) is 23.0 Å². The van der Waals surface area contributed by atoms with E-state index in [0.29, 0.717) is 0 Å². The van der Waals surface area contributed by atoms with Gasteiger partial charge < -0.3 is 9.47 Å². The van der Waals surface area contributed by atoms with Gasteiger partial charge in [-0.05, 0) is 18.2 Å². The van der Waals surface area contributed by atoms with E-state index in [0.717, 1.165) is 56.4 Å². The van der Waals surface area contributed by atoms with Gasteiger partial charge in [-0.1, -0.05) is 36.4 Å². The van der Waals surface area contributed by atoms with Gasteiger partial charge in [0, 0.05) is 45.7 Å². The molecule has 0 saturated heterocycles. The summed E-state index contributed by atoms with van der Waals surface area (Å²) in [6.07, 6.45) is 7.66. The molecule has 0 fully saturated rings. The van der Waals surface area contributed by atoms with Crippen LogP contribution in [0.15, 0.2) is 85.5 Å². The topological polar surface area (TPSA) is 35.2 Å². The molecule has 4 heteroatoms. The molecule has 0 aliphatic carbocycles. The molecule has 2 aromatic heterocycles. The second-order valence-electron chi connectivity index (χ2n) is 7.21. The van der Waals surface area contributed by atoms with Gasteiger partial charge in [-0.3, -0.25) is 4.98 Å². The van der Waals surface area contributed by atoms with Crippen LogP contribution in [-0.4, -0.2) is 4.98 Å². The Morgan fingerprint density at radius 2 is 1.24 bits per heavy atom. The molecule has 0 radical (unpaired) electrons. The number of aryl methyl sites for hydroxylation is 1. The van der Waals surface area contributed by atoms with E-state index in [9.17, 15) is 0 Å². The zero-order valence-corrected chi connectivity index (χ0v) is 15.8. The van der Waals surface area contributed by atoms with Crippen LogP contribution < -0.4 is 14.0 Å². The van der Waals surface area contributed by atoms with Crippen LogP contribution in [0.5, 0.6) is 23.0 Å². The third-order valence-corrected chi connectivity index (χ3v) is 5.39. The standard InChI is InChI=1S/C25H17N2O2/c1-27-13-11-19-23(15-27)29-21-9-5-3-7-17(21)25(19)24-16-6-2-4-8-20(16)28-22-14-26-12-10-18(22)24/h2-15H,1H3/q+1/b25-24-. The number of rotatable bonds is 0. The maximum atomic E-state index is 6.26. The average Bonchev–Trinajstić information content (AvgIpc) is 2.76. The van der Waals surface area contributed by atoms with E-state index < -0.39 is 0 Å². The molecule has 4 aromatic rings. The summed E-state index contributed by atoms with van der Waals surface area (Å²) in [6, 6.07) is 20.5. The van der Waals surface area contributed by atoms with E-state index in [1.165, 1.54) is 0 Å². The number of benzene rings is 2. The number of ether oxygens (including phenoxy) is 2. The summed E-state index contributed by atoms with van der Waals surface area (Å²) in [7, 11) is 2.00. The molecule has 6 rings (SSSR count). The highest BCUT2D eigenvalue weighted by atomic mass is 16.5. The van der Waals surface area contributed by atoms with Crippen molar-refractivity contribution < 1.29 is 14.0 Å². The van der Waals surface area contributed by atoms with Crippen LogP contribution in [0.25, 0.3) is 11.1 Å². The predicted molar refractivity (Wildman–Crippen MR) is 110 cm³/mol. The average molecular weight is 377 g/mol. The van der Waals surface area contributed by atoms with Gasteiger partial charge in [0.2, 0.25) is 6.20 Å². The molecule has 0 atom stereocenters. The van der Waals surface area contributed by atoms with Gasteiger partial charge in [0.15, 0.2) is 17.7 Å². The molecule has 2 aliphatic heterocycles. The van der Waals surface area contributed by atoms with Crippen LogP contribution >= 0.6 is 0 Å². The van der Waals surface area contributed by atoms with Crippen molar-refractivity contribution in [2.24, 2.45) is 7.05 Å². The summed E-state index contributed by atoms with van der Waals surface area (Å²) in [5, 5.41) is 0. The number of fused-ring (bicyclic) bond motifs is 4. The summed E-state index contributed by atoms with van der Waals surface area (Å²) >= 11 is 0. The third-order valence-electron chi connectivity index (χ3n) is 5.39. The fourth-order valence-corrected chi connectivity index (χ4v) is 4.12. The molecule has 0 unspecified atom stereocenters.